The van der Waals surface area contributed by atoms with Crippen molar-refractivity contribution in [1.29, 1.82) is 0 Å². The molecule has 1 aromatic carbocycles. The molecular weight excluding hydrogens is 304 g/mol. The van der Waals surface area contributed by atoms with E-state index in [2.05, 4.69) is 10.5 Å². The van der Waals surface area contributed by atoms with Crippen molar-refractivity contribution in [3.63, 3.8) is 0 Å². The van der Waals surface area contributed by atoms with Crippen molar-refractivity contribution in [2.24, 2.45) is 0 Å². The van der Waals surface area contributed by atoms with Crippen LogP contribution >= 0.6 is 11.6 Å². The summed E-state index contributed by atoms with van der Waals surface area (Å²) in [7, 11) is 0. The first-order valence-corrected chi connectivity index (χ1v) is 7.55. The van der Waals surface area contributed by atoms with E-state index in [0.29, 0.717) is 18.5 Å². The number of nitrogens with zero attached hydrogens (tertiary/aromatic N) is 1. The largest absolute Gasteiger partial charge is 0.396 e. The second kappa shape index (κ2) is 7.96. The number of aliphatic hydroxyl groups is 1. The van der Waals surface area contributed by atoms with E-state index in [4.69, 9.17) is 16.1 Å². The Bertz CT molecular complexity index is 594. The van der Waals surface area contributed by atoms with Gasteiger partial charge in [-0.15, -0.1) is 0 Å². The summed E-state index contributed by atoms with van der Waals surface area (Å²) in [5.74, 6) is -0.0982. The van der Waals surface area contributed by atoms with Crippen molar-refractivity contribution in [2.45, 2.75) is 32.2 Å². The molecule has 0 spiro atoms. The summed E-state index contributed by atoms with van der Waals surface area (Å²) in [6, 6.07) is 9.40. The molecular formula is C16H19ClN2O3. The average Bonchev–Trinajstić information content (AvgIpc) is 2.84. The van der Waals surface area contributed by atoms with Crippen LogP contribution in [0, 0.1) is 6.92 Å². The number of amides is 1. The number of aliphatic hydroxyl groups excluding tert-OH is 1. The van der Waals surface area contributed by atoms with Gasteiger partial charge >= 0.3 is 0 Å². The summed E-state index contributed by atoms with van der Waals surface area (Å²) in [4.78, 5) is 12.1. The van der Waals surface area contributed by atoms with Gasteiger partial charge in [-0.25, -0.2) is 0 Å². The van der Waals surface area contributed by atoms with E-state index >= 15 is 0 Å². The summed E-state index contributed by atoms with van der Waals surface area (Å²) in [6.07, 6.45) is 1.24. The Labute approximate surface area is 134 Å². The second-order valence-corrected chi connectivity index (χ2v) is 5.41. The van der Waals surface area contributed by atoms with Gasteiger partial charge in [-0.2, -0.15) is 0 Å². The first kappa shape index (κ1) is 16.5. The van der Waals surface area contributed by atoms with Crippen LogP contribution < -0.4 is 5.32 Å². The van der Waals surface area contributed by atoms with Crippen molar-refractivity contribution in [2.75, 3.05) is 6.61 Å². The molecule has 0 aliphatic rings. The lowest BCUT2D eigenvalue weighted by atomic mass is 10.0. The quantitative estimate of drug-likeness (QED) is 0.822. The number of hydrogen-bond acceptors (Lipinski definition) is 4. The number of benzene rings is 1. The predicted octanol–water partition coefficient (Wildman–Crippen LogP) is 2.81. The molecule has 2 N–H and O–H groups in total. The van der Waals surface area contributed by atoms with E-state index < -0.39 is 0 Å². The third-order valence-electron chi connectivity index (χ3n) is 3.49. The number of hydrogen-bond donors (Lipinski definition) is 2. The van der Waals surface area contributed by atoms with Gasteiger partial charge in [0.1, 0.15) is 0 Å². The molecule has 1 aromatic heterocycles. The number of carbonyl (C=O) groups excluding carboxylic acids is 1. The highest BCUT2D eigenvalue weighted by molar-refractivity contribution is 6.29. The minimum Gasteiger partial charge on any atom is -0.396 e. The molecule has 6 heteroatoms. The molecule has 0 aliphatic heterocycles. The first-order chi connectivity index (χ1) is 10.6. The maximum absolute atomic E-state index is 12.1. The van der Waals surface area contributed by atoms with E-state index in [1.807, 2.05) is 30.3 Å². The SMILES string of the molecule is Cc1noc(Cl)c1CCC(=O)NC(CCO)c1ccccc1. The van der Waals surface area contributed by atoms with Crippen LogP contribution in [0.15, 0.2) is 34.9 Å². The Morgan fingerprint density at radius 3 is 2.73 bits per heavy atom. The van der Waals surface area contributed by atoms with Crippen molar-refractivity contribution in [3.8, 4) is 0 Å². The van der Waals surface area contributed by atoms with Gasteiger partial charge in [-0.1, -0.05) is 35.5 Å². The fraction of sp³-hybridized carbons (Fsp3) is 0.375. The van der Waals surface area contributed by atoms with E-state index in [1.54, 1.807) is 6.92 Å². The van der Waals surface area contributed by atoms with E-state index in [9.17, 15) is 9.90 Å². The fourth-order valence-electron chi connectivity index (χ4n) is 2.28. The van der Waals surface area contributed by atoms with Crippen LogP contribution in [0.4, 0.5) is 0 Å². The highest BCUT2D eigenvalue weighted by atomic mass is 35.5. The van der Waals surface area contributed by atoms with Crippen LogP contribution in [0.3, 0.4) is 0 Å². The molecule has 1 atom stereocenters. The van der Waals surface area contributed by atoms with Crippen molar-refractivity contribution in [3.05, 3.63) is 52.4 Å². The molecule has 0 aliphatic carbocycles. The molecule has 0 saturated heterocycles. The Hall–Kier alpha value is -1.85. The molecule has 22 heavy (non-hydrogen) atoms. The minimum atomic E-state index is -0.197. The standard InChI is InChI=1S/C16H19ClN2O3/c1-11-13(16(17)22-19-11)7-8-15(21)18-14(9-10-20)12-5-3-2-4-6-12/h2-6,14,20H,7-10H2,1H3,(H,18,21). The highest BCUT2D eigenvalue weighted by Crippen LogP contribution is 2.21. The Morgan fingerprint density at radius 1 is 1.41 bits per heavy atom. The molecule has 1 unspecified atom stereocenters. The lowest BCUT2D eigenvalue weighted by molar-refractivity contribution is -0.121. The smallest absolute Gasteiger partial charge is 0.229 e. The van der Waals surface area contributed by atoms with E-state index in [0.717, 1.165) is 11.1 Å². The summed E-state index contributed by atoms with van der Waals surface area (Å²) < 4.78 is 4.87. The van der Waals surface area contributed by atoms with Gasteiger partial charge in [0.25, 0.3) is 0 Å². The molecule has 118 valence electrons. The summed E-state index contributed by atoms with van der Waals surface area (Å²) in [6.45, 7) is 1.80. The normalized spacial score (nSPS) is 12.1. The zero-order valence-electron chi connectivity index (χ0n) is 12.4. The monoisotopic (exact) mass is 322 g/mol. The Kier molecular flexibility index (Phi) is 5.98. The van der Waals surface area contributed by atoms with Crippen LogP contribution in [0.25, 0.3) is 0 Å². The Balaban J connectivity index is 1.94. The molecule has 2 aromatic rings. The van der Waals surface area contributed by atoms with E-state index in [1.165, 1.54) is 0 Å². The van der Waals surface area contributed by atoms with Crippen LogP contribution in [0.5, 0.6) is 0 Å². The lowest BCUT2D eigenvalue weighted by Crippen LogP contribution is -2.29. The zero-order valence-corrected chi connectivity index (χ0v) is 13.1. The van der Waals surface area contributed by atoms with Gasteiger partial charge in [0.15, 0.2) is 0 Å². The third kappa shape index (κ3) is 4.32. The predicted molar refractivity (Wildman–Crippen MR) is 83.6 cm³/mol. The van der Waals surface area contributed by atoms with E-state index in [-0.39, 0.29) is 30.2 Å². The number of halogens is 1. The van der Waals surface area contributed by atoms with Crippen LogP contribution in [0.2, 0.25) is 5.22 Å². The molecule has 5 nitrogen and oxygen atoms in total. The number of aryl methyl sites for hydroxylation is 1. The number of rotatable bonds is 7. The highest BCUT2D eigenvalue weighted by Gasteiger charge is 2.16. The molecule has 0 bridgehead atoms. The van der Waals surface area contributed by atoms with Gasteiger partial charge in [0.2, 0.25) is 11.1 Å². The lowest BCUT2D eigenvalue weighted by Gasteiger charge is -2.18. The minimum absolute atomic E-state index is 0.0103. The van der Waals surface area contributed by atoms with Crippen LogP contribution in [0.1, 0.15) is 35.7 Å². The second-order valence-electron chi connectivity index (χ2n) is 5.06. The molecule has 2 rings (SSSR count). The van der Waals surface area contributed by atoms with Crippen molar-refractivity contribution < 1.29 is 14.4 Å². The van der Waals surface area contributed by atoms with Crippen molar-refractivity contribution >= 4 is 17.5 Å². The molecule has 0 radical (unpaired) electrons. The fourth-order valence-corrected chi connectivity index (χ4v) is 2.55. The first-order valence-electron chi connectivity index (χ1n) is 7.17. The maximum Gasteiger partial charge on any atom is 0.229 e. The molecule has 0 saturated carbocycles. The number of nitrogens with one attached hydrogen (secondary N) is 1. The summed E-state index contributed by atoms with van der Waals surface area (Å²) in [5, 5.41) is 16.1. The van der Waals surface area contributed by atoms with Gasteiger partial charge in [-0.05, 0) is 36.9 Å². The number of carbonyl (C=O) groups is 1. The van der Waals surface area contributed by atoms with Gasteiger partial charge in [0, 0.05) is 18.6 Å². The summed E-state index contributed by atoms with van der Waals surface area (Å²) >= 11 is 5.89. The van der Waals surface area contributed by atoms with Crippen molar-refractivity contribution in [1.82, 2.24) is 10.5 Å². The van der Waals surface area contributed by atoms with Crippen LogP contribution in [-0.4, -0.2) is 22.8 Å². The topological polar surface area (TPSA) is 75.4 Å². The number of aromatic nitrogens is 1. The zero-order chi connectivity index (χ0) is 15.9. The van der Waals surface area contributed by atoms with Gasteiger partial charge < -0.3 is 14.9 Å². The van der Waals surface area contributed by atoms with Crippen LogP contribution in [-0.2, 0) is 11.2 Å². The van der Waals surface area contributed by atoms with Gasteiger partial charge in [-0.3, -0.25) is 4.79 Å². The van der Waals surface area contributed by atoms with Gasteiger partial charge in [0.05, 0.1) is 11.7 Å². The summed E-state index contributed by atoms with van der Waals surface area (Å²) in [5.41, 5.74) is 2.44. The third-order valence-corrected chi connectivity index (χ3v) is 3.79. The maximum atomic E-state index is 12.1. The average molecular weight is 323 g/mol. The molecule has 1 heterocycles. The molecule has 0 fully saturated rings. The Morgan fingerprint density at radius 2 is 2.14 bits per heavy atom. The molecule has 1 amide bonds.